The molecule has 0 N–H and O–H groups in total. The molecule has 1 amide bonds. The maximum atomic E-state index is 13.3. The van der Waals surface area contributed by atoms with Crippen LogP contribution in [0.5, 0.6) is 0 Å². The van der Waals surface area contributed by atoms with E-state index in [0.717, 1.165) is 24.8 Å². The van der Waals surface area contributed by atoms with Crippen molar-refractivity contribution in [2.45, 2.75) is 44.1 Å². The van der Waals surface area contributed by atoms with Crippen molar-refractivity contribution < 1.29 is 9.18 Å². The normalized spacial score (nSPS) is 30.9. The van der Waals surface area contributed by atoms with Gasteiger partial charge < -0.3 is 4.90 Å². The van der Waals surface area contributed by atoms with E-state index >= 15 is 0 Å². The largest absolute Gasteiger partial charge is 0.342 e. The van der Waals surface area contributed by atoms with E-state index in [1.807, 2.05) is 18.0 Å². The minimum absolute atomic E-state index is 0.00998. The second-order valence-corrected chi connectivity index (χ2v) is 5.78. The molecule has 1 aromatic carbocycles. The Labute approximate surface area is 107 Å². The summed E-state index contributed by atoms with van der Waals surface area (Å²) in [6.07, 6.45) is 3.28. The van der Waals surface area contributed by atoms with Crippen LogP contribution in [-0.2, 0) is 16.6 Å². The van der Waals surface area contributed by atoms with Gasteiger partial charge in [0, 0.05) is 24.9 Å². The molecule has 1 aromatic rings. The molecule has 2 unspecified atom stereocenters. The summed E-state index contributed by atoms with van der Waals surface area (Å²) in [7, 11) is 1.90. The fourth-order valence-corrected chi connectivity index (χ4v) is 3.76. The van der Waals surface area contributed by atoms with Crippen LogP contribution >= 0.6 is 0 Å². The zero-order chi connectivity index (χ0) is 12.9. The van der Waals surface area contributed by atoms with E-state index in [9.17, 15) is 9.18 Å². The quantitative estimate of drug-likeness (QED) is 0.690. The second kappa shape index (κ2) is 3.81. The Kier molecular flexibility index (Phi) is 2.47. The molecule has 0 spiro atoms. The zero-order valence-corrected chi connectivity index (χ0v) is 10.9. The molecule has 3 rings (SSSR count). The minimum Gasteiger partial charge on any atom is -0.342 e. The van der Waals surface area contributed by atoms with Crippen molar-refractivity contribution in [2.75, 3.05) is 7.05 Å². The number of likely N-dealkylation sites (tertiary alicyclic amines) is 1. The Morgan fingerprint density at radius 2 is 2.17 bits per heavy atom. The first-order valence-electron chi connectivity index (χ1n) is 6.57. The van der Waals surface area contributed by atoms with Crippen LogP contribution in [0, 0.1) is 5.82 Å². The highest BCUT2D eigenvalue weighted by Crippen LogP contribution is 2.45. The van der Waals surface area contributed by atoms with E-state index < -0.39 is 0 Å². The Morgan fingerprint density at radius 3 is 2.94 bits per heavy atom. The van der Waals surface area contributed by atoms with Gasteiger partial charge in [0.05, 0.1) is 0 Å². The zero-order valence-electron chi connectivity index (χ0n) is 10.9. The summed E-state index contributed by atoms with van der Waals surface area (Å²) in [6.45, 7) is 2.22. The van der Waals surface area contributed by atoms with E-state index in [4.69, 9.17) is 0 Å². The van der Waals surface area contributed by atoms with Gasteiger partial charge in [-0.3, -0.25) is 4.79 Å². The topological polar surface area (TPSA) is 20.3 Å². The number of piperidine rings is 1. The maximum Gasteiger partial charge on any atom is 0.222 e. The van der Waals surface area contributed by atoms with Gasteiger partial charge in [-0.15, -0.1) is 0 Å². The molecule has 18 heavy (non-hydrogen) atoms. The molecule has 0 bridgehead atoms. The van der Waals surface area contributed by atoms with E-state index in [-0.39, 0.29) is 23.2 Å². The Morgan fingerprint density at radius 1 is 1.39 bits per heavy atom. The summed E-state index contributed by atoms with van der Waals surface area (Å²) < 4.78 is 13.3. The highest BCUT2D eigenvalue weighted by atomic mass is 19.1. The number of nitrogens with zero attached hydrogens (tertiary/aromatic N) is 1. The second-order valence-electron chi connectivity index (χ2n) is 5.78. The van der Waals surface area contributed by atoms with Gasteiger partial charge in [-0.2, -0.15) is 0 Å². The summed E-state index contributed by atoms with van der Waals surface area (Å²) in [5.74, 6) is 0.0825. The highest BCUT2D eigenvalue weighted by molar-refractivity contribution is 5.78. The molecule has 1 aliphatic carbocycles. The molecule has 2 atom stereocenters. The van der Waals surface area contributed by atoms with Crippen LogP contribution < -0.4 is 0 Å². The summed E-state index contributed by atoms with van der Waals surface area (Å²) in [6, 6.07) is 5.38. The third-order valence-corrected chi connectivity index (χ3v) is 4.82. The summed E-state index contributed by atoms with van der Waals surface area (Å²) in [5, 5.41) is 0. The summed E-state index contributed by atoms with van der Waals surface area (Å²) in [4.78, 5) is 13.7. The van der Waals surface area contributed by atoms with Gasteiger partial charge in [0.2, 0.25) is 5.91 Å². The number of benzene rings is 1. The van der Waals surface area contributed by atoms with Crippen molar-refractivity contribution in [1.29, 1.82) is 0 Å². The Bertz CT molecular complexity index is 513. The van der Waals surface area contributed by atoms with Crippen LogP contribution in [0.1, 0.15) is 37.3 Å². The fraction of sp³-hybridized carbons (Fsp3) is 0.533. The smallest absolute Gasteiger partial charge is 0.222 e. The molecule has 0 saturated carbocycles. The molecule has 0 radical (unpaired) electrons. The monoisotopic (exact) mass is 247 g/mol. The van der Waals surface area contributed by atoms with Gasteiger partial charge >= 0.3 is 0 Å². The molecule has 1 heterocycles. The average Bonchev–Trinajstić information content (AvgIpc) is 2.34. The van der Waals surface area contributed by atoms with Gasteiger partial charge in [-0.25, -0.2) is 4.39 Å². The van der Waals surface area contributed by atoms with Gasteiger partial charge in [0.1, 0.15) is 5.82 Å². The number of likely N-dealkylation sites (N-methyl/N-ethyl adjacent to an activating group) is 1. The van der Waals surface area contributed by atoms with Crippen molar-refractivity contribution in [3.8, 4) is 0 Å². The number of aryl methyl sites for hydroxylation is 1. The lowest BCUT2D eigenvalue weighted by Gasteiger charge is -2.50. The first-order valence-corrected chi connectivity index (χ1v) is 6.57. The molecule has 1 aliphatic heterocycles. The Balaban J connectivity index is 2.09. The molecule has 2 nitrogen and oxygen atoms in total. The third kappa shape index (κ3) is 1.49. The van der Waals surface area contributed by atoms with Crippen LogP contribution in [-0.4, -0.2) is 23.9 Å². The predicted molar refractivity (Wildman–Crippen MR) is 67.9 cm³/mol. The van der Waals surface area contributed by atoms with Crippen molar-refractivity contribution in [1.82, 2.24) is 4.90 Å². The number of fused-ring (bicyclic) bond motifs is 3. The standard InChI is InChI=1S/C15H18FNO/c1-15-8-7-14(18)17(2)13(15)6-3-10-9-11(16)4-5-12(10)15/h4-5,9,13H,3,6-8H2,1-2H3. The van der Waals surface area contributed by atoms with Crippen LogP contribution in [0.15, 0.2) is 18.2 Å². The fourth-order valence-electron chi connectivity index (χ4n) is 3.76. The molecule has 2 aliphatic rings. The number of carbonyl (C=O) groups is 1. The maximum absolute atomic E-state index is 13.3. The lowest BCUT2D eigenvalue weighted by molar-refractivity contribution is -0.138. The molecule has 1 fully saturated rings. The SMILES string of the molecule is CN1C(=O)CCC2(C)c3ccc(F)cc3CCC12. The van der Waals surface area contributed by atoms with Gasteiger partial charge in [-0.05, 0) is 42.5 Å². The number of amides is 1. The molecular weight excluding hydrogens is 229 g/mol. The first-order chi connectivity index (χ1) is 8.52. The van der Waals surface area contributed by atoms with Crippen LogP contribution in [0.3, 0.4) is 0 Å². The van der Waals surface area contributed by atoms with Crippen molar-refractivity contribution >= 4 is 5.91 Å². The van der Waals surface area contributed by atoms with Gasteiger partial charge in [0.15, 0.2) is 0 Å². The molecule has 0 aromatic heterocycles. The number of hydrogen-bond acceptors (Lipinski definition) is 1. The predicted octanol–water partition coefficient (Wildman–Crippen LogP) is 2.65. The third-order valence-electron chi connectivity index (χ3n) is 4.82. The number of hydrogen-bond donors (Lipinski definition) is 0. The van der Waals surface area contributed by atoms with Gasteiger partial charge in [0.25, 0.3) is 0 Å². The lowest BCUT2D eigenvalue weighted by Crippen LogP contribution is -2.56. The van der Waals surface area contributed by atoms with Crippen molar-refractivity contribution in [2.24, 2.45) is 0 Å². The van der Waals surface area contributed by atoms with E-state index in [2.05, 4.69) is 6.92 Å². The highest BCUT2D eigenvalue weighted by Gasteiger charge is 2.46. The summed E-state index contributed by atoms with van der Waals surface area (Å²) in [5.41, 5.74) is 2.35. The van der Waals surface area contributed by atoms with E-state index in [0.29, 0.717) is 6.42 Å². The minimum atomic E-state index is -0.156. The first kappa shape index (κ1) is 11.7. The van der Waals surface area contributed by atoms with Crippen molar-refractivity contribution in [3.05, 3.63) is 35.1 Å². The summed E-state index contributed by atoms with van der Waals surface area (Å²) >= 11 is 0. The van der Waals surface area contributed by atoms with Gasteiger partial charge in [-0.1, -0.05) is 13.0 Å². The number of halogens is 1. The number of rotatable bonds is 0. The van der Waals surface area contributed by atoms with E-state index in [1.165, 1.54) is 5.56 Å². The van der Waals surface area contributed by atoms with Crippen LogP contribution in [0.2, 0.25) is 0 Å². The van der Waals surface area contributed by atoms with Crippen LogP contribution in [0.4, 0.5) is 4.39 Å². The molecule has 1 saturated heterocycles. The molecular formula is C15H18FNO. The lowest BCUT2D eigenvalue weighted by atomic mass is 9.63. The van der Waals surface area contributed by atoms with E-state index in [1.54, 1.807) is 12.1 Å². The molecule has 3 heteroatoms. The van der Waals surface area contributed by atoms with Crippen molar-refractivity contribution in [3.63, 3.8) is 0 Å². The average molecular weight is 247 g/mol. The van der Waals surface area contributed by atoms with Crippen LogP contribution in [0.25, 0.3) is 0 Å². The molecule has 96 valence electrons. The number of carbonyl (C=O) groups excluding carboxylic acids is 1. The Hall–Kier alpha value is -1.38.